The summed E-state index contributed by atoms with van der Waals surface area (Å²) in [5.41, 5.74) is 7.93. The number of phenols is 2. The third-order valence-corrected chi connectivity index (χ3v) is 11.0. The van der Waals surface area contributed by atoms with Crippen molar-refractivity contribution < 1.29 is 113 Å². The number of carbonyl (C=O) groups is 6. The van der Waals surface area contributed by atoms with Gasteiger partial charge in [-0.2, -0.15) is 9.50 Å². The summed E-state index contributed by atoms with van der Waals surface area (Å²) >= 11 is 3.22. The van der Waals surface area contributed by atoms with Crippen molar-refractivity contribution >= 4 is 87.0 Å². The molecular weight excluding hydrogens is 845 g/mol. The van der Waals surface area contributed by atoms with E-state index in [1.54, 1.807) is 13.0 Å². The Morgan fingerprint density at radius 3 is 2.43 bits per heavy atom. The van der Waals surface area contributed by atoms with Crippen LogP contribution in [0.5, 0.6) is 11.5 Å². The monoisotopic (exact) mass is 871 g/mol. The number of carbonyl (C=O) groups excluding carboxylic acids is 6. The summed E-state index contributed by atoms with van der Waals surface area (Å²) in [4.78, 5) is 94.6. The molecule has 22 nitrogen and oxygen atoms in total. The number of nitrogens with one attached hydrogen (secondary N) is 3. The number of thioether (sulfide) groups is 2. The first-order valence-corrected chi connectivity index (χ1v) is 18.7. The van der Waals surface area contributed by atoms with Gasteiger partial charge in [-0.3, -0.25) is 34.9 Å². The second kappa shape index (κ2) is 18.6. The van der Waals surface area contributed by atoms with Crippen LogP contribution in [0.1, 0.15) is 46.2 Å². The quantitative estimate of drug-likeness (QED) is 0.0146. The molecule has 6 rings (SSSR count). The predicted octanol–water partition coefficient (Wildman–Crippen LogP) is -8.59. The maximum absolute atomic E-state index is 13.6. The number of carboxylic acids is 2. The molecule has 1 aromatic carbocycles. The maximum atomic E-state index is 13.6. The van der Waals surface area contributed by atoms with E-state index in [9.17, 15) is 49.2 Å². The molecule has 292 valence electrons. The van der Waals surface area contributed by atoms with Crippen molar-refractivity contribution in [2.45, 2.75) is 42.8 Å². The standard InChI is InChI=1S/C31H29N11O11S3.2Na/c1-11-6-17(42-30(33-11)36-21(39-42)27(50)51)54-8-13-9-55-25-19(24(47)41(25)20(13)26(48)49)35-23(46)18(14-10-56-29(32)34-14)40-53-31(2,3)28(52)38-37-22(45)12-4-5-15(43)16(44)7-12;;/h4-7,10,19,25,43-44H,8-9H2,1-3H3,(H2,32,34)(H,35,46)(H,37,45)(H,38,52)(H,48,49)(H,50,51);;/q;2*+1/p-2/b40-18-;;/t19-,25-;;/m1../s1. The van der Waals surface area contributed by atoms with Crippen molar-refractivity contribution in [1.29, 1.82) is 0 Å². The fraction of sp³-hybridized carbons (Fsp3) is 0.258. The number of nitrogen functional groups attached to an aromatic ring is 1. The van der Waals surface area contributed by atoms with Crippen LogP contribution in [0.25, 0.3) is 5.78 Å². The fourth-order valence-corrected chi connectivity index (χ4v) is 8.18. The van der Waals surface area contributed by atoms with E-state index in [2.05, 4.69) is 41.4 Å². The summed E-state index contributed by atoms with van der Waals surface area (Å²) < 4.78 is 1.18. The predicted molar refractivity (Wildman–Crippen MR) is 191 cm³/mol. The van der Waals surface area contributed by atoms with Gasteiger partial charge in [0.05, 0.1) is 11.7 Å². The number of hydrogen-bond donors (Lipinski definition) is 6. The number of amides is 4. The molecule has 0 spiro atoms. The molecule has 0 saturated carbocycles. The molecule has 0 aliphatic carbocycles. The van der Waals surface area contributed by atoms with Gasteiger partial charge in [0, 0.05) is 28.1 Å². The number of aliphatic carboxylic acids is 1. The van der Waals surface area contributed by atoms with Crippen molar-refractivity contribution in [3.8, 4) is 11.5 Å². The molecule has 4 amide bonds. The van der Waals surface area contributed by atoms with Gasteiger partial charge in [-0.25, -0.2) is 9.97 Å². The Morgan fingerprint density at radius 2 is 1.79 bits per heavy atom. The third kappa shape index (κ3) is 9.69. The Morgan fingerprint density at radius 1 is 1.07 bits per heavy atom. The van der Waals surface area contributed by atoms with Gasteiger partial charge in [0.15, 0.2) is 28.2 Å². The third-order valence-electron chi connectivity index (χ3n) is 7.93. The SMILES string of the molecule is Cc1cc(SCC2=C(C(=O)[O-])N3C(=O)[C@@H](NC(=O)/C(=N\OC(C)(C)C(=O)NNC(=O)c4ccc(O)c(O)c4)c4csc(N)n4)[C@H]3SC2)n2nc(C(=O)[O-])nc2n1.[Na+].[Na+]. The Hall–Kier alpha value is -4.47. The molecule has 1 saturated heterocycles. The number of hydrogen-bond acceptors (Lipinski definition) is 20. The van der Waals surface area contributed by atoms with Gasteiger partial charge in [-0.1, -0.05) is 5.16 Å². The summed E-state index contributed by atoms with van der Waals surface area (Å²) in [6, 6.07) is 3.61. The second-order valence-corrected chi connectivity index (χ2v) is 15.3. The van der Waals surface area contributed by atoms with E-state index >= 15 is 0 Å². The smallest absolute Gasteiger partial charge is 0.543 e. The zero-order chi connectivity index (χ0) is 40.6. The van der Waals surface area contributed by atoms with Gasteiger partial charge in [-0.05, 0) is 50.6 Å². The first kappa shape index (κ1) is 46.2. The first-order chi connectivity index (χ1) is 26.4. The molecule has 4 aromatic rings. The zero-order valence-corrected chi connectivity index (χ0v) is 37.4. The van der Waals surface area contributed by atoms with Crippen LogP contribution in [0.2, 0.25) is 0 Å². The minimum absolute atomic E-state index is 0. The molecule has 2 aliphatic rings. The number of nitrogens with zero attached hydrogens (tertiary/aromatic N) is 7. The molecule has 58 heavy (non-hydrogen) atoms. The van der Waals surface area contributed by atoms with E-state index in [1.165, 1.54) is 29.8 Å². The summed E-state index contributed by atoms with van der Waals surface area (Å²) in [5.74, 6) is -8.25. The molecule has 0 bridgehead atoms. The average Bonchev–Trinajstić information content (AvgIpc) is 3.78. The number of nitrogens with two attached hydrogens (primary N) is 1. The average molecular weight is 872 g/mol. The zero-order valence-electron chi connectivity index (χ0n) is 31.0. The van der Waals surface area contributed by atoms with E-state index in [1.807, 2.05) is 0 Å². The maximum Gasteiger partial charge on any atom is 1.00 e. The number of phenolic OH excluding ortho intramolecular Hbond substituents is 2. The number of β-lactam (4-membered cyclic amide) rings is 1. The van der Waals surface area contributed by atoms with Gasteiger partial charge in [-0.15, -0.1) is 40.0 Å². The molecule has 7 N–H and O–H groups in total. The Kier molecular flexibility index (Phi) is 14.8. The number of hydrazine groups is 1. The number of thiazole rings is 1. The Labute approximate surface area is 383 Å². The van der Waals surface area contributed by atoms with E-state index < -0.39 is 75.6 Å². The number of anilines is 1. The summed E-state index contributed by atoms with van der Waals surface area (Å²) in [5, 5.41) is 54.0. The Bertz CT molecular complexity index is 2410. The van der Waals surface area contributed by atoms with Gasteiger partial charge in [0.2, 0.25) is 5.60 Å². The van der Waals surface area contributed by atoms with E-state index in [4.69, 9.17) is 10.6 Å². The molecule has 2 aliphatic heterocycles. The van der Waals surface area contributed by atoms with Gasteiger partial charge in [0.1, 0.15) is 28.1 Å². The number of aromatic carboxylic acids is 1. The molecule has 0 radical (unpaired) electrons. The number of aromatic hydroxyl groups is 2. The van der Waals surface area contributed by atoms with Crippen LogP contribution in [0.3, 0.4) is 0 Å². The van der Waals surface area contributed by atoms with Gasteiger partial charge < -0.3 is 45.9 Å². The van der Waals surface area contributed by atoms with Crippen LogP contribution >= 0.6 is 34.9 Å². The summed E-state index contributed by atoms with van der Waals surface area (Å²) in [6.07, 6.45) is 0. The van der Waals surface area contributed by atoms with E-state index in [0.717, 1.165) is 51.9 Å². The summed E-state index contributed by atoms with van der Waals surface area (Å²) in [7, 11) is 0. The van der Waals surface area contributed by atoms with Crippen molar-refractivity contribution in [1.82, 2.24) is 45.6 Å². The minimum atomic E-state index is -1.84. The van der Waals surface area contributed by atoms with Crippen LogP contribution in [0, 0.1) is 6.92 Å². The van der Waals surface area contributed by atoms with Crippen molar-refractivity contribution in [3.05, 3.63) is 63.7 Å². The molecule has 3 aromatic heterocycles. The number of aryl methyl sites for hydroxylation is 1. The van der Waals surface area contributed by atoms with Crippen LogP contribution in [0.15, 0.2) is 51.1 Å². The van der Waals surface area contributed by atoms with Crippen molar-refractivity contribution in [2.75, 3.05) is 17.2 Å². The molecule has 0 unspecified atom stereocenters. The second-order valence-electron chi connectivity index (χ2n) is 12.3. The number of benzene rings is 1. The van der Waals surface area contributed by atoms with Crippen LogP contribution in [-0.4, -0.2) is 109 Å². The number of oxime groups is 1. The molecule has 1 fully saturated rings. The first-order valence-electron chi connectivity index (χ1n) is 15.8. The topological polar surface area (TPSA) is 332 Å². The van der Waals surface area contributed by atoms with Crippen LogP contribution in [0.4, 0.5) is 5.13 Å². The van der Waals surface area contributed by atoms with Crippen LogP contribution < -0.4 is 91.2 Å². The minimum Gasteiger partial charge on any atom is -0.543 e. The van der Waals surface area contributed by atoms with Crippen molar-refractivity contribution in [2.24, 2.45) is 5.16 Å². The number of aromatic nitrogens is 5. The largest absolute Gasteiger partial charge is 1.00 e. The molecule has 5 heterocycles. The van der Waals surface area contributed by atoms with E-state index in [-0.39, 0.29) is 98.5 Å². The molecule has 27 heteroatoms. The number of fused-ring (bicyclic) bond motifs is 2. The number of rotatable bonds is 12. The molecule has 2 atom stereocenters. The Balaban J connectivity index is 0.00000372. The van der Waals surface area contributed by atoms with Gasteiger partial charge >= 0.3 is 59.1 Å². The van der Waals surface area contributed by atoms with Gasteiger partial charge in [0.25, 0.3) is 29.4 Å². The van der Waals surface area contributed by atoms with E-state index in [0.29, 0.717) is 16.3 Å². The normalized spacial score (nSPS) is 16.3. The number of carboxylic acid groups (broad SMARTS) is 2. The summed E-state index contributed by atoms with van der Waals surface area (Å²) in [6.45, 7) is 4.18. The van der Waals surface area contributed by atoms with Crippen LogP contribution in [-0.2, 0) is 24.0 Å². The fourth-order valence-electron chi connectivity index (χ4n) is 5.10. The molecular formula is C31H27N11Na2O11S3. The van der Waals surface area contributed by atoms with Crippen molar-refractivity contribution in [3.63, 3.8) is 0 Å².